The number of pyridine rings is 1. The lowest BCUT2D eigenvalue weighted by Crippen LogP contribution is -2.46. The van der Waals surface area contributed by atoms with E-state index in [1.165, 1.54) is 12.1 Å². The SMILES string of the molecule is C=C(c1ccc(CN2CC(CF)C2)cc1)c1c(-c2ccc(N(F)F)cc2)cnc2cc(O)ccc12. The summed E-state index contributed by atoms with van der Waals surface area (Å²) in [5.74, 6) is 0.258. The highest BCUT2D eigenvalue weighted by molar-refractivity contribution is 6.02. The van der Waals surface area contributed by atoms with Crippen molar-refractivity contribution < 1.29 is 18.5 Å². The molecule has 4 nitrogen and oxygen atoms in total. The summed E-state index contributed by atoms with van der Waals surface area (Å²) in [5.41, 5.74) is 5.52. The van der Waals surface area contributed by atoms with Crippen LogP contribution < -0.4 is 5.34 Å². The topological polar surface area (TPSA) is 39.6 Å². The highest BCUT2D eigenvalue weighted by Crippen LogP contribution is 2.38. The summed E-state index contributed by atoms with van der Waals surface area (Å²) >= 11 is 0. The average Bonchev–Trinajstić information content (AvgIpc) is 2.85. The van der Waals surface area contributed by atoms with E-state index in [2.05, 4.69) is 16.5 Å². The van der Waals surface area contributed by atoms with Crippen molar-refractivity contribution in [2.45, 2.75) is 6.54 Å². The fourth-order valence-electron chi connectivity index (χ4n) is 4.60. The number of nitrogens with zero attached hydrogens (tertiary/aromatic N) is 3. The summed E-state index contributed by atoms with van der Waals surface area (Å²) < 4.78 is 38.5. The third kappa shape index (κ3) is 4.59. The molecule has 0 spiro atoms. The lowest BCUT2D eigenvalue weighted by atomic mass is 9.89. The molecule has 1 aliphatic rings. The Hall–Kier alpha value is -3.84. The summed E-state index contributed by atoms with van der Waals surface area (Å²) in [6, 6.07) is 19.0. The van der Waals surface area contributed by atoms with Crippen molar-refractivity contribution in [1.29, 1.82) is 0 Å². The third-order valence-corrected chi connectivity index (χ3v) is 6.49. The number of halogens is 3. The van der Waals surface area contributed by atoms with Crippen LogP contribution in [0.5, 0.6) is 5.75 Å². The quantitative estimate of drug-likeness (QED) is 0.304. The molecule has 1 aliphatic heterocycles. The van der Waals surface area contributed by atoms with Crippen molar-refractivity contribution in [3.8, 4) is 16.9 Å². The first-order valence-electron chi connectivity index (χ1n) is 11.3. The van der Waals surface area contributed by atoms with Gasteiger partial charge >= 0.3 is 0 Å². The Labute approximate surface area is 201 Å². The van der Waals surface area contributed by atoms with Crippen LogP contribution in [-0.2, 0) is 6.54 Å². The summed E-state index contributed by atoms with van der Waals surface area (Å²) in [5, 5.41) is 9.82. The molecule has 1 aromatic heterocycles. The lowest BCUT2D eigenvalue weighted by Gasteiger charge is -2.37. The molecule has 0 unspecified atom stereocenters. The van der Waals surface area contributed by atoms with Crippen molar-refractivity contribution in [2.75, 3.05) is 25.1 Å². The first-order valence-corrected chi connectivity index (χ1v) is 11.3. The summed E-state index contributed by atoms with van der Waals surface area (Å²) in [6.07, 6.45) is 1.68. The van der Waals surface area contributed by atoms with E-state index in [0.29, 0.717) is 5.52 Å². The Balaban J connectivity index is 1.51. The zero-order valence-corrected chi connectivity index (χ0v) is 19.0. The fourth-order valence-corrected chi connectivity index (χ4v) is 4.60. The standard InChI is InChI=1S/C28H24F3N3O/c1-18(21-4-2-19(3-5-21)15-33-16-20(13-29)17-33)28-25-11-10-24(35)12-27(25)32-14-26(28)22-6-8-23(9-7-22)34(30)31/h2-12,14,20,35H,1,13,15-17H2. The number of aromatic nitrogens is 1. The van der Waals surface area contributed by atoms with Crippen LogP contribution in [0.3, 0.4) is 0 Å². The van der Waals surface area contributed by atoms with Gasteiger partial charge in [0.1, 0.15) is 11.4 Å². The molecule has 0 radical (unpaired) electrons. The van der Waals surface area contributed by atoms with Crippen LogP contribution in [0.4, 0.5) is 19.0 Å². The van der Waals surface area contributed by atoms with Crippen molar-refractivity contribution >= 4 is 22.2 Å². The second kappa shape index (κ2) is 9.43. The minimum absolute atomic E-state index is 0.106. The Morgan fingerprint density at radius 1 is 1.03 bits per heavy atom. The zero-order valence-electron chi connectivity index (χ0n) is 19.0. The highest BCUT2D eigenvalue weighted by atomic mass is 19.4. The number of phenols is 1. The average molecular weight is 476 g/mol. The van der Waals surface area contributed by atoms with Crippen molar-refractivity contribution in [3.05, 3.63) is 96.2 Å². The van der Waals surface area contributed by atoms with Gasteiger partial charge in [-0.25, -0.2) is 0 Å². The van der Waals surface area contributed by atoms with Crippen LogP contribution in [0.2, 0.25) is 0 Å². The van der Waals surface area contributed by atoms with E-state index in [1.54, 1.807) is 36.5 Å². The Kier molecular flexibility index (Phi) is 6.17. The molecular weight excluding hydrogens is 451 g/mol. The van der Waals surface area contributed by atoms with Gasteiger partial charge in [0.05, 0.1) is 12.2 Å². The normalized spacial score (nSPS) is 14.1. The predicted molar refractivity (Wildman–Crippen MR) is 133 cm³/mol. The van der Waals surface area contributed by atoms with E-state index in [4.69, 9.17) is 0 Å². The van der Waals surface area contributed by atoms with Gasteiger partial charge in [0.15, 0.2) is 0 Å². The first kappa shape index (κ1) is 22.9. The molecule has 0 amide bonds. The molecule has 3 aromatic carbocycles. The number of anilines is 1. The number of likely N-dealkylation sites (tertiary alicyclic amines) is 1. The maximum absolute atomic E-state index is 12.9. The van der Waals surface area contributed by atoms with Crippen LogP contribution in [-0.4, -0.2) is 34.8 Å². The minimum atomic E-state index is -0.926. The third-order valence-electron chi connectivity index (χ3n) is 6.49. The van der Waals surface area contributed by atoms with Crippen LogP contribution in [0, 0.1) is 5.92 Å². The number of fused-ring (bicyclic) bond motifs is 1. The van der Waals surface area contributed by atoms with Crippen molar-refractivity contribution in [3.63, 3.8) is 0 Å². The maximum atomic E-state index is 12.9. The molecule has 4 aromatic rings. The van der Waals surface area contributed by atoms with E-state index < -0.39 is 5.34 Å². The van der Waals surface area contributed by atoms with E-state index in [0.717, 1.165) is 58.4 Å². The summed E-state index contributed by atoms with van der Waals surface area (Å²) in [4.78, 5) is 6.71. The Bertz CT molecular complexity index is 1370. The smallest absolute Gasteiger partial charge is 0.117 e. The molecule has 0 aliphatic carbocycles. The van der Waals surface area contributed by atoms with Gasteiger partial charge < -0.3 is 5.11 Å². The van der Waals surface area contributed by atoms with Gasteiger partial charge in [0, 0.05) is 54.3 Å². The lowest BCUT2D eigenvalue weighted by molar-refractivity contribution is 0.0738. The molecule has 35 heavy (non-hydrogen) atoms. The number of hydrogen-bond donors (Lipinski definition) is 1. The first-order chi connectivity index (χ1) is 16.9. The van der Waals surface area contributed by atoms with Gasteiger partial charge in [-0.1, -0.05) is 51.9 Å². The molecule has 1 N–H and O–H groups in total. The molecule has 178 valence electrons. The monoisotopic (exact) mass is 475 g/mol. The predicted octanol–water partition coefficient (Wildman–Crippen LogP) is 6.65. The van der Waals surface area contributed by atoms with Gasteiger partial charge in [-0.3, -0.25) is 14.3 Å². The fraction of sp³-hybridized carbons (Fsp3) is 0.179. The largest absolute Gasteiger partial charge is 0.508 e. The van der Waals surface area contributed by atoms with Crippen molar-refractivity contribution in [2.24, 2.45) is 5.92 Å². The number of benzene rings is 3. The van der Waals surface area contributed by atoms with E-state index in [9.17, 15) is 18.5 Å². The number of phenolic OH excluding ortho intramolecular Hbond substituents is 1. The summed E-state index contributed by atoms with van der Waals surface area (Å²) in [7, 11) is 0. The van der Waals surface area contributed by atoms with Crippen LogP contribution in [0.1, 0.15) is 16.7 Å². The van der Waals surface area contributed by atoms with Crippen LogP contribution in [0.25, 0.3) is 27.6 Å². The zero-order chi connectivity index (χ0) is 24.5. The van der Waals surface area contributed by atoms with Crippen molar-refractivity contribution in [1.82, 2.24) is 9.88 Å². The molecule has 5 rings (SSSR count). The van der Waals surface area contributed by atoms with Gasteiger partial charge in [0.25, 0.3) is 0 Å². The number of alkyl halides is 1. The molecule has 0 bridgehead atoms. The van der Waals surface area contributed by atoms with Gasteiger partial charge in [-0.2, -0.15) is 0 Å². The molecule has 1 saturated heterocycles. The number of rotatable bonds is 7. The Morgan fingerprint density at radius 3 is 2.40 bits per heavy atom. The van der Waals surface area contributed by atoms with Crippen LogP contribution in [0.15, 0.2) is 79.5 Å². The van der Waals surface area contributed by atoms with E-state index in [1.807, 2.05) is 24.3 Å². The van der Waals surface area contributed by atoms with Gasteiger partial charge in [-0.15, -0.1) is 0 Å². The minimum Gasteiger partial charge on any atom is -0.508 e. The second-order valence-corrected chi connectivity index (χ2v) is 8.92. The Morgan fingerprint density at radius 2 is 1.74 bits per heavy atom. The molecule has 1 fully saturated rings. The van der Waals surface area contributed by atoms with E-state index >= 15 is 0 Å². The second-order valence-electron chi connectivity index (χ2n) is 8.92. The van der Waals surface area contributed by atoms with Gasteiger partial charge in [0.2, 0.25) is 0 Å². The van der Waals surface area contributed by atoms with Crippen LogP contribution >= 0.6 is 0 Å². The molecular formula is C28H24F3N3O. The molecule has 2 heterocycles. The molecule has 7 heteroatoms. The maximum Gasteiger partial charge on any atom is 0.117 e. The van der Waals surface area contributed by atoms with Gasteiger partial charge in [-0.05, 0) is 51.9 Å². The number of hydrogen-bond acceptors (Lipinski definition) is 4. The highest BCUT2D eigenvalue weighted by Gasteiger charge is 2.26. The number of aromatic hydroxyl groups is 1. The molecule has 0 atom stereocenters. The molecule has 0 saturated carbocycles. The summed E-state index contributed by atoms with van der Waals surface area (Å²) in [6.45, 7) is 6.44. The van der Waals surface area contributed by atoms with E-state index in [-0.39, 0.29) is 24.0 Å².